The van der Waals surface area contributed by atoms with Crippen molar-refractivity contribution in [2.24, 2.45) is 11.8 Å². The molecule has 1 aromatic carbocycles. The topological polar surface area (TPSA) is 23.5 Å². The van der Waals surface area contributed by atoms with Crippen LogP contribution < -0.4 is 4.90 Å². The van der Waals surface area contributed by atoms with E-state index in [2.05, 4.69) is 47.7 Å². The van der Waals surface area contributed by atoms with Crippen molar-refractivity contribution in [1.82, 2.24) is 0 Å². The Kier molecular flexibility index (Phi) is 4.57. The zero-order valence-corrected chi connectivity index (χ0v) is 13.8. The van der Waals surface area contributed by atoms with Crippen molar-refractivity contribution >= 4 is 21.6 Å². The third kappa shape index (κ3) is 3.14. The summed E-state index contributed by atoms with van der Waals surface area (Å²) in [5, 5.41) is 9.65. The first-order valence-corrected chi connectivity index (χ1v) is 7.93. The fourth-order valence-electron chi connectivity index (χ4n) is 3.05. The summed E-state index contributed by atoms with van der Waals surface area (Å²) in [5.41, 5.74) is 2.21. The van der Waals surface area contributed by atoms with E-state index >= 15 is 0 Å². The van der Waals surface area contributed by atoms with Gasteiger partial charge < -0.3 is 10.0 Å². The molecule has 3 unspecified atom stereocenters. The van der Waals surface area contributed by atoms with Gasteiger partial charge in [0.15, 0.2) is 0 Å². The molecule has 4 atom stereocenters. The van der Waals surface area contributed by atoms with Gasteiger partial charge in [0.2, 0.25) is 0 Å². The van der Waals surface area contributed by atoms with E-state index in [-0.39, 0.29) is 0 Å². The van der Waals surface area contributed by atoms with Gasteiger partial charge in [-0.25, -0.2) is 0 Å². The highest BCUT2D eigenvalue weighted by atomic mass is 79.9. The monoisotopic (exact) mass is 325 g/mol. The summed E-state index contributed by atoms with van der Waals surface area (Å²) in [4.78, 5) is 2.49. The van der Waals surface area contributed by atoms with Gasteiger partial charge in [0.1, 0.15) is 0 Å². The number of nitrogens with zero attached hydrogens (tertiary/aromatic N) is 1. The molecule has 1 aliphatic rings. The van der Waals surface area contributed by atoms with E-state index in [9.17, 15) is 5.11 Å². The van der Waals surface area contributed by atoms with E-state index in [4.69, 9.17) is 0 Å². The second-order valence-corrected chi connectivity index (χ2v) is 6.95. The summed E-state index contributed by atoms with van der Waals surface area (Å²) in [5.74, 6) is 1.45. The predicted molar refractivity (Wildman–Crippen MR) is 84.5 cm³/mol. The molecule has 0 aliphatic carbocycles. The maximum absolute atomic E-state index is 9.65. The zero-order chi connectivity index (χ0) is 14.2. The average molecular weight is 326 g/mol. The molecule has 0 aromatic heterocycles. The lowest BCUT2D eigenvalue weighted by Gasteiger charge is -2.43. The lowest BCUT2D eigenvalue weighted by molar-refractivity contribution is 0.199. The average Bonchev–Trinajstić information content (AvgIpc) is 2.33. The van der Waals surface area contributed by atoms with E-state index in [1.165, 1.54) is 12.1 Å². The molecule has 1 heterocycles. The lowest BCUT2D eigenvalue weighted by Crippen LogP contribution is -2.46. The first kappa shape index (κ1) is 14.9. The van der Waals surface area contributed by atoms with Crippen LogP contribution in [0.15, 0.2) is 22.7 Å². The largest absolute Gasteiger partial charge is 0.389 e. The van der Waals surface area contributed by atoms with Gasteiger partial charge in [0.05, 0.1) is 11.8 Å². The van der Waals surface area contributed by atoms with Crippen LogP contribution >= 0.6 is 15.9 Å². The molecular formula is C16H24BrNO. The van der Waals surface area contributed by atoms with E-state index < -0.39 is 6.10 Å². The maximum atomic E-state index is 9.65. The number of halogens is 1. The van der Waals surface area contributed by atoms with Crippen molar-refractivity contribution in [2.45, 2.75) is 46.3 Å². The van der Waals surface area contributed by atoms with E-state index in [1.807, 2.05) is 12.1 Å². The Bertz CT molecular complexity index is 446. The van der Waals surface area contributed by atoms with Gasteiger partial charge in [0.25, 0.3) is 0 Å². The standard InChI is InChI=1S/C16H24BrNO/c1-10-7-11(2)12(3)18(9-10)16-6-5-14(13(4)19)8-15(16)17/h5-6,8,10-13,19H,7,9H2,1-4H3/t10?,11?,12?,13-/m0/s1. The van der Waals surface area contributed by atoms with Crippen LogP contribution in [0.2, 0.25) is 0 Å². The molecule has 0 radical (unpaired) electrons. The minimum absolute atomic E-state index is 0.415. The summed E-state index contributed by atoms with van der Waals surface area (Å²) >= 11 is 3.67. The summed E-state index contributed by atoms with van der Waals surface area (Å²) in [6.45, 7) is 9.89. The van der Waals surface area contributed by atoms with E-state index in [0.29, 0.717) is 12.0 Å². The van der Waals surface area contributed by atoms with Crippen molar-refractivity contribution in [3.05, 3.63) is 28.2 Å². The molecule has 2 nitrogen and oxygen atoms in total. The number of hydrogen-bond acceptors (Lipinski definition) is 2. The van der Waals surface area contributed by atoms with Crippen LogP contribution in [0.4, 0.5) is 5.69 Å². The van der Waals surface area contributed by atoms with Gasteiger partial charge in [-0.3, -0.25) is 0 Å². The van der Waals surface area contributed by atoms with Crippen LogP contribution in [-0.2, 0) is 0 Å². The molecule has 19 heavy (non-hydrogen) atoms. The van der Waals surface area contributed by atoms with Crippen LogP contribution in [0.5, 0.6) is 0 Å². The van der Waals surface area contributed by atoms with E-state index in [0.717, 1.165) is 22.5 Å². The predicted octanol–water partition coefficient (Wildman–Crippen LogP) is 4.37. The normalized spacial score (nSPS) is 29.4. The third-order valence-electron chi connectivity index (χ3n) is 4.36. The van der Waals surface area contributed by atoms with Crippen LogP contribution in [0.3, 0.4) is 0 Å². The molecule has 0 spiro atoms. The first-order chi connectivity index (χ1) is 8.90. The van der Waals surface area contributed by atoms with Crippen molar-refractivity contribution in [1.29, 1.82) is 0 Å². The number of hydrogen-bond donors (Lipinski definition) is 1. The van der Waals surface area contributed by atoms with Crippen molar-refractivity contribution in [3.8, 4) is 0 Å². The van der Waals surface area contributed by atoms with Gasteiger partial charge in [-0.2, -0.15) is 0 Å². The van der Waals surface area contributed by atoms with Crippen molar-refractivity contribution < 1.29 is 5.11 Å². The highest BCUT2D eigenvalue weighted by Gasteiger charge is 2.29. The Morgan fingerprint density at radius 1 is 1.32 bits per heavy atom. The van der Waals surface area contributed by atoms with Gasteiger partial charge in [-0.1, -0.05) is 19.9 Å². The number of aliphatic hydroxyl groups is 1. The molecule has 1 fully saturated rings. The highest BCUT2D eigenvalue weighted by Crippen LogP contribution is 2.36. The fourth-order valence-corrected chi connectivity index (χ4v) is 3.67. The second-order valence-electron chi connectivity index (χ2n) is 6.10. The number of anilines is 1. The zero-order valence-electron chi connectivity index (χ0n) is 12.2. The molecule has 3 heteroatoms. The molecule has 106 valence electrons. The van der Waals surface area contributed by atoms with E-state index in [1.54, 1.807) is 6.92 Å². The highest BCUT2D eigenvalue weighted by molar-refractivity contribution is 9.10. The Morgan fingerprint density at radius 3 is 2.58 bits per heavy atom. The minimum Gasteiger partial charge on any atom is -0.389 e. The van der Waals surface area contributed by atoms with Crippen LogP contribution in [-0.4, -0.2) is 17.7 Å². The van der Waals surface area contributed by atoms with Gasteiger partial charge in [0, 0.05) is 17.1 Å². The number of piperidine rings is 1. The van der Waals surface area contributed by atoms with Gasteiger partial charge >= 0.3 is 0 Å². The molecule has 1 aliphatic heterocycles. The number of benzene rings is 1. The Hall–Kier alpha value is -0.540. The molecule has 0 saturated carbocycles. The van der Waals surface area contributed by atoms with Crippen molar-refractivity contribution in [2.75, 3.05) is 11.4 Å². The Labute approximate surface area is 124 Å². The lowest BCUT2D eigenvalue weighted by atomic mass is 9.85. The summed E-state index contributed by atoms with van der Waals surface area (Å²) < 4.78 is 1.08. The molecule has 1 saturated heterocycles. The van der Waals surface area contributed by atoms with Crippen LogP contribution in [0.1, 0.15) is 45.8 Å². The second kappa shape index (κ2) is 5.84. The first-order valence-electron chi connectivity index (χ1n) is 7.14. The molecule has 0 bridgehead atoms. The fraction of sp³-hybridized carbons (Fsp3) is 0.625. The smallest absolute Gasteiger partial charge is 0.0762 e. The number of aliphatic hydroxyl groups excluding tert-OH is 1. The Balaban J connectivity index is 2.30. The molecule has 2 rings (SSSR count). The molecule has 0 amide bonds. The summed E-state index contributed by atoms with van der Waals surface area (Å²) in [6, 6.07) is 6.76. The number of rotatable bonds is 2. The maximum Gasteiger partial charge on any atom is 0.0762 e. The van der Waals surface area contributed by atoms with Gasteiger partial charge in [-0.05, 0) is 65.7 Å². The van der Waals surface area contributed by atoms with Crippen LogP contribution in [0, 0.1) is 11.8 Å². The summed E-state index contributed by atoms with van der Waals surface area (Å²) in [6.07, 6.45) is 0.892. The van der Waals surface area contributed by atoms with Crippen LogP contribution in [0.25, 0.3) is 0 Å². The minimum atomic E-state index is -0.415. The van der Waals surface area contributed by atoms with Crippen molar-refractivity contribution in [3.63, 3.8) is 0 Å². The Morgan fingerprint density at radius 2 is 2.00 bits per heavy atom. The third-order valence-corrected chi connectivity index (χ3v) is 5.00. The van der Waals surface area contributed by atoms with Gasteiger partial charge in [-0.15, -0.1) is 0 Å². The molecule has 1 aromatic rings. The molecular weight excluding hydrogens is 302 g/mol. The summed E-state index contributed by atoms with van der Waals surface area (Å²) in [7, 11) is 0. The SMILES string of the molecule is CC1CC(C)C(C)N(c2ccc([C@H](C)O)cc2Br)C1. The molecule has 1 N–H and O–H groups in total. The quantitative estimate of drug-likeness (QED) is 0.872.